The largest absolute Gasteiger partial charge is 0.384 e. The van der Waals surface area contributed by atoms with Crippen molar-refractivity contribution in [3.8, 4) is 0 Å². The van der Waals surface area contributed by atoms with Crippen molar-refractivity contribution >= 4 is 15.9 Å². The lowest BCUT2D eigenvalue weighted by Crippen LogP contribution is -2.01. The maximum atomic E-state index is 10.5. The normalized spacial score (nSPS) is 12.4. The molecule has 0 bridgehead atoms. The van der Waals surface area contributed by atoms with Gasteiger partial charge in [0, 0.05) is 4.47 Å². The van der Waals surface area contributed by atoms with Gasteiger partial charge in [-0.15, -0.1) is 0 Å². The Labute approximate surface area is 129 Å². The van der Waals surface area contributed by atoms with E-state index >= 15 is 0 Å². The first-order valence-corrected chi connectivity index (χ1v) is 7.85. The lowest BCUT2D eigenvalue weighted by molar-refractivity contribution is 0.220. The molecule has 0 aliphatic rings. The molecule has 0 saturated carbocycles. The van der Waals surface area contributed by atoms with Crippen molar-refractivity contribution in [1.82, 2.24) is 0 Å². The molecule has 0 fully saturated rings. The van der Waals surface area contributed by atoms with E-state index in [9.17, 15) is 5.11 Å². The van der Waals surface area contributed by atoms with Crippen molar-refractivity contribution in [2.45, 2.75) is 39.7 Å². The number of halogens is 1. The van der Waals surface area contributed by atoms with Crippen LogP contribution >= 0.6 is 15.9 Å². The van der Waals surface area contributed by atoms with E-state index in [-0.39, 0.29) is 0 Å². The molecule has 2 aromatic rings. The highest BCUT2D eigenvalue weighted by Gasteiger charge is 2.12. The molecule has 2 heteroatoms. The van der Waals surface area contributed by atoms with Crippen LogP contribution in [0.25, 0.3) is 0 Å². The third-order valence-corrected chi connectivity index (χ3v) is 4.86. The molecular formula is C18H21BrO. The molecule has 1 atom stereocenters. The minimum absolute atomic E-state index is 0.559. The number of rotatable bonds is 4. The summed E-state index contributed by atoms with van der Waals surface area (Å²) < 4.78 is 1.12. The van der Waals surface area contributed by atoms with E-state index < -0.39 is 6.10 Å². The molecule has 0 radical (unpaired) electrons. The zero-order valence-electron chi connectivity index (χ0n) is 12.3. The molecule has 2 aromatic carbocycles. The molecule has 20 heavy (non-hydrogen) atoms. The molecular weight excluding hydrogens is 312 g/mol. The minimum Gasteiger partial charge on any atom is -0.384 e. The van der Waals surface area contributed by atoms with Gasteiger partial charge in [0.1, 0.15) is 6.10 Å². The van der Waals surface area contributed by atoms with E-state index in [0.717, 1.165) is 39.6 Å². The fourth-order valence-corrected chi connectivity index (χ4v) is 2.71. The number of benzene rings is 2. The fourth-order valence-electron chi connectivity index (χ4n) is 2.48. The van der Waals surface area contributed by atoms with Gasteiger partial charge in [-0.05, 0) is 48.1 Å². The van der Waals surface area contributed by atoms with Gasteiger partial charge in [0.15, 0.2) is 0 Å². The van der Waals surface area contributed by atoms with Crippen LogP contribution in [-0.2, 0) is 6.42 Å². The Kier molecular flexibility index (Phi) is 5.00. The molecule has 0 aliphatic carbocycles. The number of aliphatic hydroxyl groups excluding tert-OH is 1. The Morgan fingerprint density at radius 3 is 2.05 bits per heavy atom. The third-order valence-electron chi connectivity index (χ3n) is 3.61. The first kappa shape index (κ1) is 15.3. The molecule has 0 heterocycles. The molecule has 0 spiro atoms. The predicted octanol–water partition coefficient (Wildman–Crippen LogP) is 5.10. The van der Waals surface area contributed by atoms with Gasteiger partial charge >= 0.3 is 0 Å². The van der Waals surface area contributed by atoms with Crippen LogP contribution in [0.5, 0.6) is 0 Å². The highest BCUT2D eigenvalue weighted by Crippen LogP contribution is 2.29. The highest BCUT2D eigenvalue weighted by molar-refractivity contribution is 9.10. The Bertz CT molecular complexity index is 564. The molecule has 0 amide bonds. The zero-order valence-corrected chi connectivity index (χ0v) is 13.9. The van der Waals surface area contributed by atoms with E-state index in [0.29, 0.717) is 0 Å². The molecule has 0 saturated heterocycles. The van der Waals surface area contributed by atoms with Crippen molar-refractivity contribution in [2.75, 3.05) is 0 Å². The summed E-state index contributed by atoms with van der Waals surface area (Å²) in [5.74, 6) is 0. The van der Waals surface area contributed by atoms with Gasteiger partial charge in [-0.25, -0.2) is 0 Å². The van der Waals surface area contributed by atoms with Gasteiger partial charge in [0.25, 0.3) is 0 Å². The van der Waals surface area contributed by atoms with E-state index in [1.54, 1.807) is 0 Å². The SMILES string of the molecule is CCCc1ccc(C(O)c2cc(C)c(Br)c(C)c2)cc1. The monoisotopic (exact) mass is 332 g/mol. The summed E-state index contributed by atoms with van der Waals surface area (Å²) in [5.41, 5.74) is 5.53. The van der Waals surface area contributed by atoms with Crippen molar-refractivity contribution < 1.29 is 5.11 Å². The number of hydrogen-bond acceptors (Lipinski definition) is 1. The van der Waals surface area contributed by atoms with Crippen molar-refractivity contribution in [3.63, 3.8) is 0 Å². The standard InChI is InChI=1S/C18H21BrO/c1-4-5-14-6-8-15(9-7-14)18(20)16-10-12(2)17(19)13(3)11-16/h6-11,18,20H,4-5H2,1-3H3. The van der Waals surface area contributed by atoms with E-state index in [4.69, 9.17) is 0 Å². The quantitative estimate of drug-likeness (QED) is 0.825. The summed E-state index contributed by atoms with van der Waals surface area (Å²) in [6.45, 7) is 6.28. The lowest BCUT2D eigenvalue weighted by atomic mass is 9.97. The van der Waals surface area contributed by atoms with Crippen LogP contribution in [0.15, 0.2) is 40.9 Å². The van der Waals surface area contributed by atoms with Crippen LogP contribution in [0.3, 0.4) is 0 Å². The Morgan fingerprint density at radius 1 is 1.00 bits per heavy atom. The molecule has 0 aliphatic heterocycles. The Balaban J connectivity index is 2.28. The van der Waals surface area contributed by atoms with Crippen LogP contribution in [0.4, 0.5) is 0 Å². The van der Waals surface area contributed by atoms with Gasteiger partial charge in [0.05, 0.1) is 0 Å². The summed E-state index contributed by atoms with van der Waals surface area (Å²) in [4.78, 5) is 0. The van der Waals surface area contributed by atoms with E-state index in [1.165, 1.54) is 5.56 Å². The van der Waals surface area contributed by atoms with Crippen molar-refractivity contribution in [1.29, 1.82) is 0 Å². The van der Waals surface area contributed by atoms with E-state index in [1.807, 2.05) is 24.3 Å². The Morgan fingerprint density at radius 2 is 1.55 bits per heavy atom. The topological polar surface area (TPSA) is 20.2 Å². The fraction of sp³-hybridized carbons (Fsp3) is 0.333. The van der Waals surface area contributed by atoms with Gasteiger partial charge in [-0.2, -0.15) is 0 Å². The summed E-state index contributed by atoms with van der Waals surface area (Å²) in [6, 6.07) is 12.4. The van der Waals surface area contributed by atoms with Crippen LogP contribution in [0, 0.1) is 13.8 Å². The summed E-state index contributed by atoms with van der Waals surface area (Å²) in [5, 5.41) is 10.5. The molecule has 1 unspecified atom stereocenters. The summed E-state index contributed by atoms with van der Waals surface area (Å²) in [6.07, 6.45) is 1.68. The highest BCUT2D eigenvalue weighted by atomic mass is 79.9. The van der Waals surface area contributed by atoms with Gasteiger partial charge in [-0.1, -0.05) is 65.7 Å². The van der Waals surface area contributed by atoms with Crippen molar-refractivity contribution in [3.05, 3.63) is 68.7 Å². The first-order chi connectivity index (χ1) is 9.52. The molecule has 2 rings (SSSR count). The van der Waals surface area contributed by atoms with Crippen LogP contribution < -0.4 is 0 Å². The number of aliphatic hydroxyl groups is 1. The van der Waals surface area contributed by atoms with Crippen molar-refractivity contribution in [2.24, 2.45) is 0 Å². The van der Waals surface area contributed by atoms with Crippen LogP contribution in [0.1, 0.15) is 47.3 Å². The number of hydrogen-bond donors (Lipinski definition) is 1. The Hall–Kier alpha value is -1.12. The summed E-state index contributed by atoms with van der Waals surface area (Å²) >= 11 is 3.56. The second-order valence-electron chi connectivity index (χ2n) is 5.36. The van der Waals surface area contributed by atoms with Gasteiger partial charge in [0.2, 0.25) is 0 Å². The summed E-state index contributed by atoms with van der Waals surface area (Å²) in [7, 11) is 0. The molecule has 1 N–H and O–H groups in total. The molecule has 106 valence electrons. The van der Waals surface area contributed by atoms with E-state index in [2.05, 4.69) is 48.8 Å². The first-order valence-electron chi connectivity index (χ1n) is 7.06. The van der Waals surface area contributed by atoms with Crippen LogP contribution in [-0.4, -0.2) is 5.11 Å². The maximum Gasteiger partial charge on any atom is 0.104 e. The van der Waals surface area contributed by atoms with Gasteiger partial charge < -0.3 is 5.11 Å². The third kappa shape index (κ3) is 3.31. The van der Waals surface area contributed by atoms with Crippen LogP contribution in [0.2, 0.25) is 0 Å². The minimum atomic E-state index is -0.559. The van der Waals surface area contributed by atoms with Gasteiger partial charge in [-0.3, -0.25) is 0 Å². The molecule has 0 aromatic heterocycles. The second-order valence-corrected chi connectivity index (χ2v) is 6.16. The average molecular weight is 333 g/mol. The predicted molar refractivity (Wildman–Crippen MR) is 88.1 cm³/mol. The average Bonchev–Trinajstić information content (AvgIpc) is 2.44. The maximum absolute atomic E-state index is 10.5. The second kappa shape index (κ2) is 6.55. The smallest absolute Gasteiger partial charge is 0.104 e. The lowest BCUT2D eigenvalue weighted by Gasteiger charge is -2.15. The zero-order chi connectivity index (χ0) is 14.7. The molecule has 1 nitrogen and oxygen atoms in total. The number of aryl methyl sites for hydroxylation is 3.